The van der Waals surface area contributed by atoms with Gasteiger partial charge in [0.25, 0.3) is 0 Å². The van der Waals surface area contributed by atoms with Crippen LogP contribution in [0.5, 0.6) is 0 Å². The summed E-state index contributed by atoms with van der Waals surface area (Å²) in [4.78, 5) is 25.2. The number of hydrogen-bond donors (Lipinski definition) is 0. The summed E-state index contributed by atoms with van der Waals surface area (Å²) in [6, 6.07) is 0. The van der Waals surface area contributed by atoms with Crippen LogP contribution in [-0.2, 0) is 19.1 Å². The van der Waals surface area contributed by atoms with Gasteiger partial charge < -0.3 is 9.47 Å². The van der Waals surface area contributed by atoms with Crippen LogP contribution in [0.25, 0.3) is 0 Å². The van der Waals surface area contributed by atoms with Crippen LogP contribution < -0.4 is 0 Å². The van der Waals surface area contributed by atoms with Gasteiger partial charge in [0.05, 0.1) is 13.2 Å². The lowest BCUT2D eigenvalue weighted by molar-refractivity contribution is -0.174. The van der Waals surface area contributed by atoms with Crippen molar-refractivity contribution < 1.29 is 19.1 Å². The lowest BCUT2D eigenvalue weighted by Gasteiger charge is -2.28. The molecule has 0 saturated heterocycles. The van der Waals surface area contributed by atoms with Gasteiger partial charge in [0.15, 0.2) is 5.41 Å². The number of unbranched alkanes of at least 4 members (excludes halogenated alkanes) is 1. The fourth-order valence-corrected chi connectivity index (χ4v) is 2.28. The molecule has 0 heterocycles. The minimum absolute atomic E-state index is 0.365. The monoisotopic (exact) mass is 328 g/mol. The van der Waals surface area contributed by atoms with E-state index >= 15 is 0 Å². The number of esters is 2. The first-order chi connectivity index (χ1) is 10.8. The molecular weight excluding hydrogens is 292 g/mol. The Hall–Kier alpha value is -1.06. The van der Waals surface area contributed by atoms with Crippen molar-refractivity contribution in [3.05, 3.63) is 0 Å². The highest BCUT2D eigenvalue weighted by molar-refractivity contribution is 6.00. The first-order valence-corrected chi connectivity index (χ1v) is 9.14. The normalized spacial score (nSPS) is 11.8. The van der Waals surface area contributed by atoms with Crippen molar-refractivity contribution in [2.45, 2.75) is 80.1 Å². The van der Waals surface area contributed by atoms with Crippen LogP contribution >= 0.6 is 0 Å². The van der Waals surface area contributed by atoms with Gasteiger partial charge in [-0.3, -0.25) is 9.59 Å². The summed E-state index contributed by atoms with van der Waals surface area (Å²) < 4.78 is 10.8. The minimum Gasteiger partial charge on any atom is -0.465 e. The molecule has 0 unspecified atom stereocenters. The second-order valence-corrected chi connectivity index (χ2v) is 7.18. The average molecular weight is 328 g/mol. The molecule has 0 radical (unpaired) electrons. The zero-order valence-electron chi connectivity index (χ0n) is 15.9. The molecule has 0 aromatic rings. The van der Waals surface area contributed by atoms with Gasteiger partial charge in [-0.25, -0.2) is 0 Å². The number of carbonyl (C=O) groups excluding carboxylic acids is 2. The SMILES string of the molecule is CCCCC(CC)(C(=O)OCCC(C)C)C(=O)OCCC(C)C. The first-order valence-electron chi connectivity index (χ1n) is 9.14. The van der Waals surface area contributed by atoms with E-state index in [-0.39, 0.29) is 0 Å². The summed E-state index contributed by atoms with van der Waals surface area (Å²) in [6.45, 7) is 13.0. The molecule has 0 amide bonds. The van der Waals surface area contributed by atoms with Gasteiger partial charge in [0.2, 0.25) is 0 Å². The molecule has 0 fully saturated rings. The Morgan fingerprint density at radius 2 is 1.30 bits per heavy atom. The second-order valence-electron chi connectivity index (χ2n) is 7.18. The van der Waals surface area contributed by atoms with E-state index in [1.165, 1.54) is 0 Å². The van der Waals surface area contributed by atoms with Crippen molar-refractivity contribution >= 4 is 11.9 Å². The van der Waals surface area contributed by atoms with Gasteiger partial charge in [-0.05, 0) is 37.5 Å². The molecule has 0 aliphatic carbocycles. The third-order valence-corrected chi connectivity index (χ3v) is 4.20. The van der Waals surface area contributed by atoms with Crippen LogP contribution in [-0.4, -0.2) is 25.2 Å². The van der Waals surface area contributed by atoms with Gasteiger partial charge in [0.1, 0.15) is 0 Å². The van der Waals surface area contributed by atoms with Crippen molar-refractivity contribution in [3.8, 4) is 0 Å². The van der Waals surface area contributed by atoms with Crippen LogP contribution in [0.1, 0.15) is 80.1 Å². The second kappa shape index (κ2) is 11.5. The van der Waals surface area contributed by atoms with E-state index in [0.29, 0.717) is 37.9 Å². The molecule has 136 valence electrons. The molecule has 0 rings (SSSR count). The fourth-order valence-electron chi connectivity index (χ4n) is 2.28. The molecule has 0 aliphatic heterocycles. The van der Waals surface area contributed by atoms with E-state index in [0.717, 1.165) is 25.7 Å². The predicted molar refractivity (Wildman–Crippen MR) is 93.1 cm³/mol. The van der Waals surface area contributed by atoms with Crippen molar-refractivity contribution in [1.29, 1.82) is 0 Å². The Balaban J connectivity index is 4.90. The average Bonchev–Trinajstić information content (AvgIpc) is 2.47. The number of hydrogen-bond acceptors (Lipinski definition) is 4. The Morgan fingerprint density at radius 3 is 1.61 bits per heavy atom. The summed E-state index contributed by atoms with van der Waals surface area (Å²) >= 11 is 0. The number of carbonyl (C=O) groups is 2. The van der Waals surface area contributed by atoms with Crippen molar-refractivity contribution in [2.24, 2.45) is 17.3 Å². The quantitative estimate of drug-likeness (QED) is 0.383. The summed E-state index contributed by atoms with van der Waals surface area (Å²) in [5, 5.41) is 0. The Labute approximate surface area is 142 Å². The number of ether oxygens (including phenoxy) is 2. The standard InChI is InChI=1S/C19H36O4/c1-7-9-12-19(8-2,17(20)22-13-10-15(3)4)18(21)23-14-11-16(5)6/h15-16H,7-14H2,1-6H3. The molecule has 23 heavy (non-hydrogen) atoms. The topological polar surface area (TPSA) is 52.6 Å². The van der Waals surface area contributed by atoms with Gasteiger partial charge >= 0.3 is 11.9 Å². The summed E-state index contributed by atoms with van der Waals surface area (Å²) in [5.41, 5.74) is -1.13. The molecule has 0 atom stereocenters. The van der Waals surface area contributed by atoms with Crippen LogP contribution in [0.4, 0.5) is 0 Å². The Morgan fingerprint density at radius 1 is 0.870 bits per heavy atom. The van der Waals surface area contributed by atoms with Crippen molar-refractivity contribution in [1.82, 2.24) is 0 Å². The van der Waals surface area contributed by atoms with Gasteiger partial charge in [-0.2, -0.15) is 0 Å². The highest BCUT2D eigenvalue weighted by Crippen LogP contribution is 2.33. The maximum absolute atomic E-state index is 12.6. The molecule has 0 saturated carbocycles. The summed E-state index contributed by atoms with van der Waals surface area (Å²) in [6.07, 6.45) is 4.28. The highest BCUT2D eigenvalue weighted by atomic mass is 16.6. The summed E-state index contributed by atoms with van der Waals surface area (Å²) in [7, 11) is 0. The molecule has 4 heteroatoms. The van der Waals surface area contributed by atoms with E-state index in [9.17, 15) is 9.59 Å². The van der Waals surface area contributed by atoms with Crippen LogP contribution in [0, 0.1) is 17.3 Å². The van der Waals surface area contributed by atoms with E-state index in [1.54, 1.807) is 0 Å². The third kappa shape index (κ3) is 7.85. The van der Waals surface area contributed by atoms with E-state index < -0.39 is 17.4 Å². The smallest absolute Gasteiger partial charge is 0.323 e. The van der Waals surface area contributed by atoms with Gasteiger partial charge in [-0.1, -0.05) is 54.4 Å². The number of rotatable bonds is 12. The largest absolute Gasteiger partial charge is 0.465 e. The molecule has 0 bridgehead atoms. The minimum atomic E-state index is -1.13. The van der Waals surface area contributed by atoms with E-state index in [2.05, 4.69) is 34.6 Å². The van der Waals surface area contributed by atoms with Crippen LogP contribution in [0.3, 0.4) is 0 Å². The van der Waals surface area contributed by atoms with Crippen molar-refractivity contribution in [3.63, 3.8) is 0 Å². The van der Waals surface area contributed by atoms with E-state index in [1.807, 2.05) is 6.92 Å². The molecule has 0 N–H and O–H groups in total. The Kier molecular flexibility index (Phi) is 10.9. The molecule has 0 spiro atoms. The fraction of sp³-hybridized carbons (Fsp3) is 0.895. The zero-order chi connectivity index (χ0) is 17.9. The predicted octanol–water partition coefficient (Wildman–Crippen LogP) is 4.75. The zero-order valence-corrected chi connectivity index (χ0v) is 15.9. The van der Waals surface area contributed by atoms with E-state index in [4.69, 9.17) is 9.47 Å². The Bertz CT molecular complexity index is 321. The van der Waals surface area contributed by atoms with Crippen molar-refractivity contribution in [2.75, 3.05) is 13.2 Å². The van der Waals surface area contributed by atoms with Gasteiger partial charge in [-0.15, -0.1) is 0 Å². The maximum atomic E-state index is 12.6. The molecule has 0 aromatic carbocycles. The third-order valence-electron chi connectivity index (χ3n) is 4.20. The highest BCUT2D eigenvalue weighted by Gasteiger charge is 2.46. The van der Waals surface area contributed by atoms with Crippen LogP contribution in [0.2, 0.25) is 0 Å². The van der Waals surface area contributed by atoms with Gasteiger partial charge in [0, 0.05) is 0 Å². The molecule has 4 nitrogen and oxygen atoms in total. The lowest BCUT2D eigenvalue weighted by Crippen LogP contribution is -2.42. The summed E-state index contributed by atoms with van der Waals surface area (Å²) in [5.74, 6) is 0.104. The first kappa shape index (κ1) is 21.9. The maximum Gasteiger partial charge on any atom is 0.323 e. The molecule has 0 aliphatic rings. The lowest BCUT2D eigenvalue weighted by atomic mass is 9.80. The van der Waals surface area contributed by atoms with Crippen LogP contribution in [0.15, 0.2) is 0 Å². The molecule has 0 aromatic heterocycles. The molecular formula is C19H36O4.